The number of carbonyl (C=O) groups excluding carboxylic acids is 2. The molecular formula is C10H8N4O4S. The highest BCUT2D eigenvalue weighted by molar-refractivity contribution is 7.90. The summed E-state index contributed by atoms with van der Waals surface area (Å²) in [5.74, 6) is -1.46. The molecule has 0 aromatic heterocycles. The summed E-state index contributed by atoms with van der Waals surface area (Å²) in [4.78, 5) is 25.2. The molecule has 9 heteroatoms. The zero-order valence-electron chi connectivity index (χ0n) is 9.55. The molecule has 0 saturated carbocycles. The molecule has 1 heterocycles. The number of amides is 2. The number of benzene rings is 1. The number of hydrogen-bond donors (Lipinski definition) is 0. The Bertz CT molecular complexity index is 673. The third kappa shape index (κ3) is 2.28. The van der Waals surface area contributed by atoms with E-state index in [2.05, 4.69) is 10.0 Å². The summed E-state index contributed by atoms with van der Waals surface area (Å²) in [7, 11) is -4.17. The average Bonchev–Trinajstić information content (AvgIpc) is 2.70. The molecule has 2 amide bonds. The normalized spacial score (nSPS) is 15.5. The topological polar surface area (TPSA) is 120 Å². The number of sulfonamides is 1. The van der Waals surface area contributed by atoms with E-state index < -0.39 is 21.8 Å². The molecule has 2 rings (SSSR count). The fourth-order valence-electron chi connectivity index (χ4n) is 1.67. The Morgan fingerprint density at radius 1 is 1.11 bits per heavy atom. The molecule has 1 saturated heterocycles. The van der Waals surface area contributed by atoms with Crippen molar-refractivity contribution in [2.24, 2.45) is 5.11 Å². The fraction of sp³-hybridized carbons (Fsp3) is 0.200. The van der Waals surface area contributed by atoms with Gasteiger partial charge in [-0.3, -0.25) is 9.59 Å². The molecule has 1 aliphatic rings. The molecule has 19 heavy (non-hydrogen) atoms. The van der Waals surface area contributed by atoms with Crippen molar-refractivity contribution in [3.63, 3.8) is 0 Å². The highest BCUT2D eigenvalue weighted by Gasteiger charge is 2.39. The Balaban J connectivity index is 2.42. The predicted molar refractivity (Wildman–Crippen MR) is 63.5 cm³/mol. The molecule has 0 bridgehead atoms. The van der Waals surface area contributed by atoms with Gasteiger partial charge in [0.25, 0.3) is 10.0 Å². The minimum Gasteiger partial charge on any atom is -0.273 e. The van der Waals surface area contributed by atoms with Crippen LogP contribution in [-0.4, -0.2) is 24.5 Å². The van der Waals surface area contributed by atoms with E-state index in [4.69, 9.17) is 5.53 Å². The smallest absolute Gasteiger partial charge is 0.273 e. The Labute approximate surface area is 108 Å². The third-order valence-electron chi connectivity index (χ3n) is 2.54. The van der Waals surface area contributed by atoms with Crippen molar-refractivity contribution in [3.05, 3.63) is 34.7 Å². The predicted octanol–water partition coefficient (Wildman–Crippen LogP) is 1.47. The van der Waals surface area contributed by atoms with Crippen molar-refractivity contribution in [1.29, 1.82) is 0 Å². The monoisotopic (exact) mass is 280 g/mol. The standard InChI is InChI=1S/C10H8N4O4S/c11-13-12-7-1-3-8(4-2-7)19(17,18)14-9(15)5-6-10(14)16/h1-4H,5-6H2. The van der Waals surface area contributed by atoms with Crippen molar-refractivity contribution in [2.75, 3.05) is 0 Å². The minimum atomic E-state index is -4.17. The number of nitrogens with zero attached hydrogens (tertiary/aromatic N) is 4. The lowest BCUT2D eigenvalue weighted by atomic mass is 10.3. The Kier molecular flexibility index (Phi) is 3.24. The highest BCUT2D eigenvalue weighted by Crippen LogP contribution is 2.24. The molecular weight excluding hydrogens is 272 g/mol. The van der Waals surface area contributed by atoms with E-state index >= 15 is 0 Å². The van der Waals surface area contributed by atoms with Gasteiger partial charge in [-0.2, -0.15) is 4.31 Å². The fourth-order valence-corrected chi connectivity index (χ4v) is 3.08. The van der Waals surface area contributed by atoms with Crippen LogP contribution in [0.3, 0.4) is 0 Å². The molecule has 0 spiro atoms. The van der Waals surface area contributed by atoms with Crippen LogP contribution in [0.5, 0.6) is 0 Å². The summed E-state index contributed by atoms with van der Waals surface area (Å²) in [5, 5.41) is 3.30. The Morgan fingerprint density at radius 2 is 1.63 bits per heavy atom. The van der Waals surface area contributed by atoms with Crippen molar-refractivity contribution in [3.8, 4) is 0 Å². The molecule has 1 aromatic rings. The van der Waals surface area contributed by atoms with Gasteiger partial charge in [-0.1, -0.05) is 17.2 Å². The van der Waals surface area contributed by atoms with E-state index in [0.717, 1.165) is 0 Å². The first-order valence-electron chi connectivity index (χ1n) is 5.23. The number of rotatable bonds is 3. The summed E-state index contributed by atoms with van der Waals surface area (Å²) >= 11 is 0. The van der Waals surface area contributed by atoms with Crippen LogP contribution < -0.4 is 0 Å². The Morgan fingerprint density at radius 3 is 2.11 bits per heavy atom. The van der Waals surface area contributed by atoms with Gasteiger partial charge in [0.1, 0.15) is 0 Å². The van der Waals surface area contributed by atoms with Crippen molar-refractivity contribution in [1.82, 2.24) is 4.31 Å². The zero-order chi connectivity index (χ0) is 14.0. The molecule has 8 nitrogen and oxygen atoms in total. The summed E-state index contributed by atoms with van der Waals surface area (Å²) in [6.45, 7) is 0. The molecule has 1 fully saturated rings. The summed E-state index contributed by atoms with van der Waals surface area (Å²) in [5.41, 5.74) is 8.47. The van der Waals surface area contributed by atoms with Crippen molar-refractivity contribution < 1.29 is 18.0 Å². The van der Waals surface area contributed by atoms with Crippen LogP contribution >= 0.6 is 0 Å². The van der Waals surface area contributed by atoms with Gasteiger partial charge >= 0.3 is 0 Å². The van der Waals surface area contributed by atoms with E-state index in [1.54, 1.807) is 0 Å². The highest BCUT2D eigenvalue weighted by atomic mass is 32.2. The van der Waals surface area contributed by atoms with Gasteiger partial charge in [0.2, 0.25) is 11.8 Å². The van der Waals surface area contributed by atoms with Crippen LogP contribution in [0.25, 0.3) is 10.4 Å². The molecule has 0 atom stereocenters. The largest absolute Gasteiger partial charge is 0.273 e. The number of carbonyl (C=O) groups is 2. The summed E-state index contributed by atoms with van der Waals surface area (Å²) in [6, 6.07) is 4.94. The number of azide groups is 1. The van der Waals surface area contributed by atoms with Gasteiger partial charge in [-0.05, 0) is 17.7 Å². The van der Waals surface area contributed by atoms with E-state index in [9.17, 15) is 18.0 Å². The zero-order valence-corrected chi connectivity index (χ0v) is 10.4. The minimum absolute atomic E-state index is 0.102. The van der Waals surface area contributed by atoms with Gasteiger partial charge in [0.05, 0.1) is 4.90 Å². The van der Waals surface area contributed by atoms with E-state index in [0.29, 0.717) is 0 Å². The maximum absolute atomic E-state index is 12.1. The molecule has 0 aliphatic carbocycles. The molecule has 0 N–H and O–H groups in total. The van der Waals surface area contributed by atoms with Crippen LogP contribution in [0.4, 0.5) is 5.69 Å². The van der Waals surface area contributed by atoms with Crippen LogP contribution in [-0.2, 0) is 19.6 Å². The molecule has 98 valence electrons. The van der Waals surface area contributed by atoms with Gasteiger partial charge in [0.15, 0.2) is 0 Å². The van der Waals surface area contributed by atoms with Gasteiger partial charge in [0, 0.05) is 23.4 Å². The van der Waals surface area contributed by atoms with Crippen molar-refractivity contribution >= 4 is 27.5 Å². The van der Waals surface area contributed by atoms with Gasteiger partial charge in [-0.25, -0.2) is 8.42 Å². The first-order chi connectivity index (χ1) is 8.96. The van der Waals surface area contributed by atoms with E-state index in [1.807, 2.05) is 0 Å². The third-order valence-corrected chi connectivity index (χ3v) is 4.30. The summed E-state index contributed by atoms with van der Waals surface area (Å²) in [6.07, 6.45) is -0.205. The maximum Gasteiger partial charge on any atom is 0.273 e. The van der Waals surface area contributed by atoms with E-state index in [-0.39, 0.29) is 27.7 Å². The van der Waals surface area contributed by atoms with Crippen molar-refractivity contribution in [2.45, 2.75) is 17.7 Å². The number of hydrogen-bond acceptors (Lipinski definition) is 5. The molecule has 0 unspecified atom stereocenters. The Hall–Kier alpha value is -2.38. The first kappa shape index (κ1) is 13.1. The van der Waals surface area contributed by atoms with Crippen LogP contribution in [0.15, 0.2) is 34.3 Å². The molecule has 1 aliphatic heterocycles. The second-order valence-electron chi connectivity index (χ2n) is 3.74. The average molecular weight is 280 g/mol. The lowest BCUT2D eigenvalue weighted by Crippen LogP contribution is -2.35. The van der Waals surface area contributed by atoms with Crippen LogP contribution in [0.2, 0.25) is 0 Å². The SMILES string of the molecule is [N-]=[N+]=Nc1ccc(S(=O)(=O)N2C(=O)CCC2=O)cc1. The van der Waals surface area contributed by atoms with Crippen LogP contribution in [0.1, 0.15) is 12.8 Å². The second kappa shape index (κ2) is 4.71. The quantitative estimate of drug-likeness (QED) is 0.360. The lowest BCUT2D eigenvalue weighted by Gasteiger charge is -2.14. The maximum atomic E-state index is 12.1. The summed E-state index contributed by atoms with van der Waals surface area (Å²) < 4.78 is 24.5. The lowest BCUT2D eigenvalue weighted by molar-refractivity contribution is -0.132. The molecule has 0 radical (unpaired) electrons. The van der Waals surface area contributed by atoms with E-state index in [1.165, 1.54) is 24.3 Å². The van der Waals surface area contributed by atoms with Crippen LogP contribution in [0, 0.1) is 0 Å². The first-order valence-corrected chi connectivity index (χ1v) is 6.67. The second-order valence-corrected chi connectivity index (χ2v) is 5.53. The molecule has 1 aromatic carbocycles. The van der Waals surface area contributed by atoms with Gasteiger partial charge in [-0.15, -0.1) is 0 Å². The van der Waals surface area contributed by atoms with Gasteiger partial charge < -0.3 is 0 Å². The number of imide groups is 1.